The lowest BCUT2D eigenvalue weighted by Gasteiger charge is -2.06. The summed E-state index contributed by atoms with van der Waals surface area (Å²) in [7, 11) is 0. The minimum Gasteiger partial charge on any atom is -0.327 e. The third kappa shape index (κ3) is 1.71. The molecule has 3 rings (SSSR count). The monoisotopic (exact) mass is 234 g/mol. The largest absolute Gasteiger partial charge is 0.327 e. The third-order valence-corrected chi connectivity index (χ3v) is 3.48. The molecule has 1 aliphatic rings. The van der Waals surface area contributed by atoms with E-state index in [1.165, 1.54) is 23.9 Å². The fourth-order valence-corrected chi connectivity index (χ4v) is 2.36. The maximum Gasteiger partial charge on any atom is 0.124 e. The lowest BCUT2D eigenvalue weighted by atomic mass is 10.2. The number of halogens is 1. The maximum atomic E-state index is 5.96. The normalized spacial score (nSPS) is 15.9. The van der Waals surface area contributed by atoms with Crippen LogP contribution in [0.1, 0.15) is 24.2 Å². The molecule has 0 radical (unpaired) electrons. The first-order valence-corrected chi connectivity index (χ1v) is 6.33. The van der Waals surface area contributed by atoms with E-state index < -0.39 is 0 Å². The number of hydrogen-bond acceptors (Lipinski definition) is 1. The number of imidazole rings is 1. The minimum absolute atomic E-state index is 0.500. The molecule has 0 amide bonds. The Labute approximate surface area is 100 Å². The van der Waals surface area contributed by atoms with Gasteiger partial charge in [-0.25, -0.2) is 4.98 Å². The number of hydrogen-bond donors (Lipinski definition) is 0. The maximum absolute atomic E-state index is 5.96. The highest BCUT2D eigenvalue weighted by Gasteiger charge is 2.23. The van der Waals surface area contributed by atoms with Gasteiger partial charge < -0.3 is 4.57 Å². The fraction of sp³-hybridized carbons (Fsp3) is 0.462. The molecule has 1 heterocycles. The summed E-state index contributed by atoms with van der Waals surface area (Å²) >= 11 is 5.96. The summed E-state index contributed by atoms with van der Waals surface area (Å²) in [4.78, 5) is 4.60. The second-order valence-corrected chi connectivity index (χ2v) is 4.98. The van der Waals surface area contributed by atoms with Gasteiger partial charge >= 0.3 is 0 Å². The van der Waals surface area contributed by atoms with E-state index in [1.54, 1.807) is 0 Å². The number of alkyl halides is 1. The van der Waals surface area contributed by atoms with Crippen LogP contribution < -0.4 is 0 Å². The van der Waals surface area contributed by atoms with Crippen molar-refractivity contribution in [2.75, 3.05) is 0 Å². The molecule has 2 nitrogen and oxygen atoms in total. The molecule has 3 heteroatoms. The van der Waals surface area contributed by atoms with Crippen LogP contribution in [0.4, 0.5) is 0 Å². The average molecular weight is 235 g/mol. The molecule has 0 N–H and O–H groups in total. The van der Waals surface area contributed by atoms with Crippen molar-refractivity contribution in [3.63, 3.8) is 0 Å². The lowest BCUT2D eigenvalue weighted by molar-refractivity contribution is 0.623. The van der Waals surface area contributed by atoms with Gasteiger partial charge in [-0.3, -0.25) is 0 Å². The van der Waals surface area contributed by atoms with E-state index in [-0.39, 0.29) is 0 Å². The zero-order valence-corrected chi connectivity index (χ0v) is 10.2. The van der Waals surface area contributed by atoms with Crippen LogP contribution in [0.25, 0.3) is 11.0 Å². The van der Waals surface area contributed by atoms with E-state index in [0.717, 1.165) is 23.8 Å². The van der Waals surface area contributed by atoms with Crippen LogP contribution in [0.5, 0.6) is 0 Å². The van der Waals surface area contributed by atoms with Gasteiger partial charge in [0, 0.05) is 6.54 Å². The molecule has 2 aromatic rings. The van der Waals surface area contributed by atoms with E-state index in [9.17, 15) is 0 Å². The number of nitrogens with zero attached hydrogens (tertiary/aromatic N) is 2. The highest BCUT2D eigenvalue weighted by molar-refractivity contribution is 6.16. The van der Waals surface area contributed by atoms with Gasteiger partial charge in [-0.15, -0.1) is 11.6 Å². The van der Waals surface area contributed by atoms with Crippen molar-refractivity contribution < 1.29 is 0 Å². The van der Waals surface area contributed by atoms with Crippen molar-refractivity contribution in [3.05, 3.63) is 29.6 Å². The first kappa shape index (κ1) is 10.2. The molecule has 0 unspecified atom stereocenters. The number of benzene rings is 1. The van der Waals surface area contributed by atoms with Crippen LogP contribution in [0, 0.1) is 12.8 Å². The van der Waals surface area contributed by atoms with Crippen molar-refractivity contribution in [2.45, 2.75) is 32.2 Å². The second kappa shape index (κ2) is 3.77. The number of aryl methyl sites for hydroxylation is 1. The smallest absolute Gasteiger partial charge is 0.124 e. The molecular formula is C13H15ClN2. The predicted octanol–water partition coefficient (Wildman–Crippen LogP) is 3.49. The first-order valence-electron chi connectivity index (χ1n) is 5.79. The van der Waals surface area contributed by atoms with Crippen molar-refractivity contribution in [3.8, 4) is 0 Å². The fourth-order valence-electron chi connectivity index (χ4n) is 2.15. The summed E-state index contributed by atoms with van der Waals surface area (Å²) in [6.07, 6.45) is 2.71. The SMILES string of the molecule is Cc1ccc2c(c1)nc(CCl)n2CC1CC1. The quantitative estimate of drug-likeness (QED) is 0.744. The van der Waals surface area contributed by atoms with Crippen LogP contribution in [0.15, 0.2) is 18.2 Å². The zero-order chi connectivity index (χ0) is 11.1. The molecule has 0 bridgehead atoms. The Hall–Kier alpha value is -1.02. The lowest BCUT2D eigenvalue weighted by Crippen LogP contribution is -2.03. The Balaban J connectivity index is 2.13. The van der Waals surface area contributed by atoms with Gasteiger partial charge in [0.05, 0.1) is 16.9 Å². The first-order chi connectivity index (χ1) is 7.78. The second-order valence-electron chi connectivity index (χ2n) is 4.71. The van der Waals surface area contributed by atoms with E-state index >= 15 is 0 Å². The Bertz CT molecular complexity index is 526. The number of fused-ring (bicyclic) bond motifs is 1. The van der Waals surface area contributed by atoms with E-state index in [4.69, 9.17) is 11.6 Å². The highest BCUT2D eigenvalue weighted by Crippen LogP contribution is 2.32. The molecule has 1 aromatic carbocycles. The summed E-state index contributed by atoms with van der Waals surface area (Å²) < 4.78 is 2.29. The molecule has 0 spiro atoms. The van der Waals surface area contributed by atoms with Gasteiger partial charge in [-0.2, -0.15) is 0 Å². The van der Waals surface area contributed by atoms with Gasteiger partial charge in [0.15, 0.2) is 0 Å². The molecule has 84 valence electrons. The van der Waals surface area contributed by atoms with Crippen LogP contribution >= 0.6 is 11.6 Å². The van der Waals surface area contributed by atoms with E-state index in [2.05, 4.69) is 34.7 Å². The summed E-state index contributed by atoms with van der Waals surface area (Å²) in [5, 5.41) is 0. The standard InChI is InChI=1S/C13H15ClN2/c1-9-2-5-12-11(6-9)15-13(7-14)16(12)8-10-3-4-10/h2,5-6,10H,3-4,7-8H2,1H3. The third-order valence-electron chi connectivity index (χ3n) is 3.24. The molecule has 1 fully saturated rings. The molecular weight excluding hydrogens is 220 g/mol. The van der Waals surface area contributed by atoms with Gasteiger partial charge in [-0.05, 0) is 43.4 Å². The highest BCUT2D eigenvalue weighted by atomic mass is 35.5. The number of rotatable bonds is 3. The molecule has 0 saturated heterocycles. The number of aromatic nitrogens is 2. The molecule has 0 aliphatic heterocycles. The van der Waals surface area contributed by atoms with Gasteiger partial charge in [0.2, 0.25) is 0 Å². The Morgan fingerprint density at radius 3 is 2.94 bits per heavy atom. The predicted molar refractivity (Wildman–Crippen MR) is 66.8 cm³/mol. The van der Waals surface area contributed by atoms with Crippen molar-refractivity contribution in [1.29, 1.82) is 0 Å². The van der Waals surface area contributed by atoms with Crippen LogP contribution in [0.2, 0.25) is 0 Å². The Morgan fingerprint density at radius 1 is 1.44 bits per heavy atom. The van der Waals surface area contributed by atoms with Crippen LogP contribution in [0.3, 0.4) is 0 Å². The molecule has 16 heavy (non-hydrogen) atoms. The summed E-state index contributed by atoms with van der Waals surface area (Å²) in [5.74, 6) is 2.36. The average Bonchev–Trinajstić information content (AvgIpc) is 3.01. The van der Waals surface area contributed by atoms with Gasteiger partial charge in [0.1, 0.15) is 5.82 Å². The molecule has 1 saturated carbocycles. The summed E-state index contributed by atoms with van der Waals surface area (Å²) in [6.45, 7) is 3.18. The van der Waals surface area contributed by atoms with E-state index in [1.807, 2.05) is 0 Å². The van der Waals surface area contributed by atoms with Crippen LogP contribution in [-0.4, -0.2) is 9.55 Å². The van der Waals surface area contributed by atoms with E-state index in [0.29, 0.717) is 5.88 Å². The zero-order valence-electron chi connectivity index (χ0n) is 9.41. The minimum atomic E-state index is 0.500. The van der Waals surface area contributed by atoms with Gasteiger partial charge in [0.25, 0.3) is 0 Å². The molecule has 0 atom stereocenters. The van der Waals surface area contributed by atoms with Crippen molar-refractivity contribution in [1.82, 2.24) is 9.55 Å². The van der Waals surface area contributed by atoms with Gasteiger partial charge in [-0.1, -0.05) is 6.07 Å². The Kier molecular flexibility index (Phi) is 2.40. The topological polar surface area (TPSA) is 17.8 Å². The molecule has 1 aromatic heterocycles. The molecule has 1 aliphatic carbocycles. The van der Waals surface area contributed by atoms with Crippen molar-refractivity contribution >= 4 is 22.6 Å². The Morgan fingerprint density at radius 2 is 2.25 bits per heavy atom. The van der Waals surface area contributed by atoms with Crippen molar-refractivity contribution in [2.24, 2.45) is 5.92 Å². The van der Waals surface area contributed by atoms with Crippen LogP contribution in [-0.2, 0) is 12.4 Å². The summed E-state index contributed by atoms with van der Waals surface area (Å²) in [6, 6.07) is 6.44. The summed E-state index contributed by atoms with van der Waals surface area (Å²) in [5.41, 5.74) is 3.56.